The van der Waals surface area contributed by atoms with E-state index in [0.29, 0.717) is 15.9 Å². The maximum atomic E-state index is 13.2. The van der Waals surface area contributed by atoms with Gasteiger partial charge >= 0.3 is 0 Å². The second kappa shape index (κ2) is 6.65. The number of halogens is 2. The quantitative estimate of drug-likeness (QED) is 0.845. The first-order chi connectivity index (χ1) is 9.58. The van der Waals surface area contributed by atoms with E-state index in [4.69, 9.17) is 0 Å². The van der Waals surface area contributed by atoms with Crippen molar-refractivity contribution in [1.82, 2.24) is 9.97 Å². The van der Waals surface area contributed by atoms with E-state index in [1.807, 2.05) is 13.0 Å². The van der Waals surface area contributed by atoms with E-state index in [0.717, 1.165) is 30.8 Å². The number of nitrogens with zero attached hydrogens (tertiary/aromatic N) is 2. The fourth-order valence-corrected chi connectivity index (χ4v) is 2.47. The second-order valence-electron chi connectivity index (χ2n) is 4.28. The summed E-state index contributed by atoms with van der Waals surface area (Å²) < 4.78 is 26.1. The van der Waals surface area contributed by atoms with Crippen LogP contribution in [0.15, 0.2) is 34.2 Å². The minimum atomic E-state index is -0.856. The molecule has 0 saturated heterocycles. The Kier molecular flexibility index (Phi) is 4.89. The summed E-state index contributed by atoms with van der Waals surface area (Å²) in [5.74, 6) is -1.15. The molecule has 1 aromatic heterocycles. The van der Waals surface area contributed by atoms with Gasteiger partial charge in [-0.25, -0.2) is 18.7 Å². The van der Waals surface area contributed by atoms with Crippen LogP contribution in [-0.4, -0.2) is 16.5 Å². The minimum absolute atomic E-state index is 0.553. The van der Waals surface area contributed by atoms with Crippen molar-refractivity contribution in [3.8, 4) is 0 Å². The number of hydrogen-bond donors (Lipinski definition) is 1. The summed E-state index contributed by atoms with van der Waals surface area (Å²) in [7, 11) is 0. The van der Waals surface area contributed by atoms with Crippen molar-refractivity contribution in [2.24, 2.45) is 0 Å². The fourth-order valence-electron chi connectivity index (χ4n) is 1.57. The van der Waals surface area contributed by atoms with E-state index < -0.39 is 11.6 Å². The molecule has 3 nitrogen and oxygen atoms in total. The van der Waals surface area contributed by atoms with Gasteiger partial charge in [-0.15, -0.1) is 0 Å². The van der Waals surface area contributed by atoms with Crippen LogP contribution in [0.2, 0.25) is 0 Å². The average molecular weight is 295 g/mol. The Balaban J connectivity index is 2.19. The van der Waals surface area contributed by atoms with Crippen LogP contribution in [0.4, 0.5) is 14.7 Å². The minimum Gasteiger partial charge on any atom is -0.354 e. The molecule has 0 fully saturated rings. The molecule has 0 bridgehead atoms. The number of benzene rings is 1. The molecule has 0 amide bonds. The lowest BCUT2D eigenvalue weighted by Crippen LogP contribution is -2.05. The molecule has 0 aliphatic heterocycles. The third-order valence-corrected chi connectivity index (χ3v) is 3.39. The molecular formula is C14H15F2N3S. The SMILES string of the molecule is CCCNc1nc(C)cc(Sc2ccc(F)c(F)c2)n1. The average Bonchev–Trinajstić information content (AvgIpc) is 2.40. The molecule has 0 aliphatic rings. The molecule has 1 aromatic carbocycles. The molecule has 1 N–H and O–H groups in total. The van der Waals surface area contributed by atoms with Crippen LogP contribution in [-0.2, 0) is 0 Å². The van der Waals surface area contributed by atoms with Gasteiger partial charge in [-0.2, -0.15) is 0 Å². The van der Waals surface area contributed by atoms with Crippen LogP contribution < -0.4 is 5.32 Å². The first-order valence-corrected chi connectivity index (χ1v) is 7.12. The fraction of sp³-hybridized carbons (Fsp3) is 0.286. The molecule has 2 aromatic rings. The summed E-state index contributed by atoms with van der Waals surface area (Å²) in [6, 6.07) is 5.61. The lowest BCUT2D eigenvalue weighted by atomic mass is 10.3. The van der Waals surface area contributed by atoms with Gasteiger partial charge < -0.3 is 5.32 Å². The first kappa shape index (κ1) is 14.7. The van der Waals surface area contributed by atoms with Crippen LogP contribution in [0.25, 0.3) is 0 Å². The number of anilines is 1. The monoisotopic (exact) mass is 295 g/mol. The standard InChI is InChI=1S/C14H15F2N3S/c1-3-6-17-14-18-9(2)7-13(19-14)20-10-4-5-11(15)12(16)8-10/h4-5,7-8H,3,6H2,1-2H3,(H,17,18,19). The van der Waals surface area contributed by atoms with E-state index in [9.17, 15) is 8.78 Å². The van der Waals surface area contributed by atoms with Crippen molar-refractivity contribution in [3.05, 3.63) is 41.6 Å². The van der Waals surface area contributed by atoms with E-state index >= 15 is 0 Å². The maximum Gasteiger partial charge on any atom is 0.223 e. The van der Waals surface area contributed by atoms with E-state index in [-0.39, 0.29) is 0 Å². The van der Waals surface area contributed by atoms with Gasteiger partial charge in [0.1, 0.15) is 5.03 Å². The Labute approximate surface area is 120 Å². The summed E-state index contributed by atoms with van der Waals surface area (Å²) >= 11 is 1.27. The number of hydrogen-bond acceptors (Lipinski definition) is 4. The molecule has 0 atom stereocenters. The largest absolute Gasteiger partial charge is 0.354 e. The third-order valence-electron chi connectivity index (χ3n) is 2.48. The lowest BCUT2D eigenvalue weighted by Gasteiger charge is -2.07. The van der Waals surface area contributed by atoms with Gasteiger partial charge in [0.05, 0.1) is 0 Å². The third kappa shape index (κ3) is 3.90. The summed E-state index contributed by atoms with van der Waals surface area (Å²) in [6.07, 6.45) is 0.975. The predicted molar refractivity (Wildman–Crippen MR) is 76.0 cm³/mol. The molecule has 106 valence electrons. The number of rotatable bonds is 5. The number of aryl methyl sites for hydroxylation is 1. The van der Waals surface area contributed by atoms with Crippen molar-refractivity contribution < 1.29 is 8.78 Å². The van der Waals surface area contributed by atoms with E-state index in [2.05, 4.69) is 22.2 Å². The van der Waals surface area contributed by atoms with Gasteiger partial charge in [0.25, 0.3) is 0 Å². The van der Waals surface area contributed by atoms with Crippen molar-refractivity contribution >= 4 is 17.7 Å². The Morgan fingerprint density at radius 3 is 2.65 bits per heavy atom. The Hall–Kier alpha value is -1.69. The molecule has 20 heavy (non-hydrogen) atoms. The van der Waals surface area contributed by atoms with Gasteiger partial charge in [0.15, 0.2) is 11.6 Å². The molecule has 0 spiro atoms. The Bertz CT molecular complexity index is 605. The van der Waals surface area contributed by atoms with Gasteiger partial charge in [-0.1, -0.05) is 18.7 Å². The van der Waals surface area contributed by atoms with Crippen LogP contribution in [0.1, 0.15) is 19.0 Å². The molecule has 0 unspecified atom stereocenters. The highest BCUT2D eigenvalue weighted by Gasteiger charge is 2.07. The van der Waals surface area contributed by atoms with Gasteiger partial charge in [-0.05, 0) is 37.6 Å². The zero-order chi connectivity index (χ0) is 14.5. The van der Waals surface area contributed by atoms with Crippen LogP contribution in [0.5, 0.6) is 0 Å². The molecule has 0 saturated carbocycles. The van der Waals surface area contributed by atoms with Crippen molar-refractivity contribution in [1.29, 1.82) is 0 Å². The van der Waals surface area contributed by atoms with E-state index in [1.54, 1.807) is 0 Å². The molecule has 2 rings (SSSR count). The summed E-state index contributed by atoms with van der Waals surface area (Å²) in [4.78, 5) is 9.22. The number of aromatic nitrogens is 2. The Morgan fingerprint density at radius 2 is 1.95 bits per heavy atom. The molecule has 0 aliphatic carbocycles. The maximum absolute atomic E-state index is 13.2. The molecule has 0 radical (unpaired) electrons. The number of nitrogens with one attached hydrogen (secondary N) is 1. The normalized spacial score (nSPS) is 10.6. The topological polar surface area (TPSA) is 37.8 Å². The summed E-state index contributed by atoms with van der Waals surface area (Å²) in [6.45, 7) is 4.71. The van der Waals surface area contributed by atoms with Gasteiger partial charge in [-0.3, -0.25) is 0 Å². The van der Waals surface area contributed by atoms with Gasteiger partial charge in [0, 0.05) is 17.1 Å². The summed E-state index contributed by atoms with van der Waals surface area (Å²) in [5, 5.41) is 3.81. The van der Waals surface area contributed by atoms with Gasteiger partial charge in [0.2, 0.25) is 5.95 Å². The highest BCUT2D eigenvalue weighted by atomic mass is 32.2. The molecule has 1 heterocycles. The first-order valence-electron chi connectivity index (χ1n) is 6.31. The summed E-state index contributed by atoms with van der Waals surface area (Å²) in [5.41, 5.74) is 0.823. The predicted octanol–water partition coefficient (Wildman–Crippen LogP) is 4.04. The molecule has 6 heteroatoms. The second-order valence-corrected chi connectivity index (χ2v) is 5.37. The zero-order valence-corrected chi connectivity index (χ0v) is 12.1. The van der Waals surface area contributed by atoms with Crippen molar-refractivity contribution in [2.75, 3.05) is 11.9 Å². The smallest absolute Gasteiger partial charge is 0.223 e. The highest BCUT2D eigenvalue weighted by Crippen LogP contribution is 2.28. The van der Waals surface area contributed by atoms with Crippen LogP contribution in [0, 0.1) is 18.6 Å². The van der Waals surface area contributed by atoms with Crippen molar-refractivity contribution in [3.63, 3.8) is 0 Å². The highest BCUT2D eigenvalue weighted by molar-refractivity contribution is 7.99. The van der Waals surface area contributed by atoms with Crippen LogP contribution in [0.3, 0.4) is 0 Å². The lowest BCUT2D eigenvalue weighted by molar-refractivity contribution is 0.506. The Morgan fingerprint density at radius 1 is 1.15 bits per heavy atom. The van der Waals surface area contributed by atoms with Crippen molar-refractivity contribution in [2.45, 2.75) is 30.2 Å². The molecular weight excluding hydrogens is 280 g/mol. The van der Waals surface area contributed by atoms with Crippen LogP contribution >= 0.6 is 11.8 Å². The van der Waals surface area contributed by atoms with E-state index in [1.165, 1.54) is 17.8 Å². The zero-order valence-electron chi connectivity index (χ0n) is 11.3.